The zero-order chi connectivity index (χ0) is 10.2. The van der Waals surface area contributed by atoms with Gasteiger partial charge in [0, 0.05) is 12.6 Å². The van der Waals surface area contributed by atoms with E-state index in [1.807, 2.05) is 0 Å². The molecule has 0 radical (unpaired) electrons. The summed E-state index contributed by atoms with van der Waals surface area (Å²) >= 11 is 0. The number of nitrogens with one attached hydrogen (secondary N) is 1. The van der Waals surface area contributed by atoms with Gasteiger partial charge in [-0.05, 0) is 25.2 Å². The molecule has 1 aliphatic carbocycles. The molecule has 1 fully saturated rings. The monoisotopic (exact) mass is 199 g/mol. The molecule has 0 heterocycles. The Morgan fingerprint density at radius 2 is 2.07 bits per heavy atom. The summed E-state index contributed by atoms with van der Waals surface area (Å²) in [5.74, 6) is 0.973. The lowest BCUT2D eigenvalue weighted by atomic mass is 9.95. The van der Waals surface area contributed by atoms with Gasteiger partial charge >= 0.3 is 0 Å². The van der Waals surface area contributed by atoms with E-state index < -0.39 is 0 Å². The third kappa shape index (κ3) is 4.43. The van der Waals surface area contributed by atoms with Crippen LogP contribution in [0.2, 0.25) is 0 Å². The Bertz CT molecular complexity index is 138. The van der Waals surface area contributed by atoms with E-state index in [1.54, 1.807) is 0 Å². The van der Waals surface area contributed by atoms with Gasteiger partial charge in [-0.15, -0.1) is 0 Å². The molecular formula is C12H25NO. The van der Waals surface area contributed by atoms with Crippen molar-refractivity contribution in [1.82, 2.24) is 5.32 Å². The smallest absolute Gasteiger partial charge is 0.0556 e. The predicted octanol–water partition coefficient (Wildman–Crippen LogP) is 2.32. The first-order chi connectivity index (χ1) is 6.86. The van der Waals surface area contributed by atoms with Crippen molar-refractivity contribution in [1.29, 1.82) is 0 Å². The first-order valence-corrected chi connectivity index (χ1v) is 6.21. The average Bonchev–Trinajstić information content (AvgIpc) is 2.41. The molecule has 14 heavy (non-hydrogen) atoms. The Hall–Kier alpha value is -0.0800. The first kappa shape index (κ1) is 12.0. The van der Waals surface area contributed by atoms with Gasteiger partial charge in [0.05, 0.1) is 6.61 Å². The minimum Gasteiger partial charge on any atom is -0.395 e. The fourth-order valence-electron chi connectivity index (χ4n) is 2.55. The van der Waals surface area contributed by atoms with Crippen LogP contribution in [0.1, 0.15) is 51.9 Å². The van der Waals surface area contributed by atoms with Gasteiger partial charge in [0.15, 0.2) is 0 Å². The van der Waals surface area contributed by atoms with E-state index in [0.29, 0.717) is 6.04 Å². The molecule has 1 rings (SSSR count). The number of rotatable bonds is 5. The van der Waals surface area contributed by atoms with Crippen LogP contribution in [0.5, 0.6) is 0 Å². The van der Waals surface area contributed by atoms with E-state index >= 15 is 0 Å². The lowest BCUT2D eigenvalue weighted by Crippen LogP contribution is -2.30. The van der Waals surface area contributed by atoms with Crippen LogP contribution in [0, 0.1) is 5.92 Å². The normalized spacial score (nSPS) is 28.7. The maximum Gasteiger partial charge on any atom is 0.0556 e. The molecule has 0 saturated heterocycles. The molecule has 0 amide bonds. The van der Waals surface area contributed by atoms with Gasteiger partial charge in [-0.25, -0.2) is 0 Å². The Balaban J connectivity index is 2.19. The summed E-state index contributed by atoms with van der Waals surface area (Å²) < 4.78 is 0. The second kappa shape index (κ2) is 7.24. The summed E-state index contributed by atoms with van der Waals surface area (Å²) in [6.45, 7) is 3.32. The maximum atomic E-state index is 8.74. The van der Waals surface area contributed by atoms with E-state index in [9.17, 15) is 0 Å². The number of aliphatic hydroxyl groups is 1. The molecular weight excluding hydrogens is 174 g/mol. The van der Waals surface area contributed by atoms with Crippen LogP contribution < -0.4 is 5.32 Å². The zero-order valence-corrected chi connectivity index (χ0v) is 9.47. The fourth-order valence-corrected chi connectivity index (χ4v) is 2.55. The highest BCUT2D eigenvalue weighted by Crippen LogP contribution is 2.26. The van der Waals surface area contributed by atoms with Gasteiger partial charge in [0.25, 0.3) is 0 Å². The maximum absolute atomic E-state index is 8.74. The molecule has 0 aromatic heterocycles. The minimum atomic E-state index is 0.273. The van der Waals surface area contributed by atoms with Crippen molar-refractivity contribution in [3.63, 3.8) is 0 Å². The molecule has 84 valence electrons. The van der Waals surface area contributed by atoms with E-state index in [4.69, 9.17) is 5.11 Å². The highest BCUT2D eigenvalue weighted by molar-refractivity contribution is 4.74. The van der Waals surface area contributed by atoms with Crippen molar-refractivity contribution in [3.8, 4) is 0 Å². The summed E-state index contributed by atoms with van der Waals surface area (Å²) in [4.78, 5) is 0. The summed E-state index contributed by atoms with van der Waals surface area (Å²) in [7, 11) is 0. The van der Waals surface area contributed by atoms with Crippen molar-refractivity contribution >= 4 is 0 Å². The second-order valence-corrected chi connectivity index (χ2v) is 4.54. The van der Waals surface area contributed by atoms with Gasteiger partial charge in [-0.1, -0.05) is 32.6 Å². The van der Waals surface area contributed by atoms with Crippen LogP contribution in [-0.4, -0.2) is 24.3 Å². The lowest BCUT2D eigenvalue weighted by Gasteiger charge is -2.15. The topological polar surface area (TPSA) is 32.3 Å². The van der Waals surface area contributed by atoms with Crippen LogP contribution in [0.15, 0.2) is 0 Å². The van der Waals surface area contributed by atoms with Gasteiger partial charge in [0.2, 0.25) is 0 Å². The number of hydrogen-bond acceptors (Lipinski definition) is 2. The largest absolute Gasteiger partial charge is 0.395 e. The average molecular weight is 199 g/mol. The summed E-state index contributed by atoms with van der Waals surface area (Å²) in [6, 6.07) is 0.670. The molecule has 0 bridgehead atoms. The van der Waals surface area contributed by atoms with Crippen molar-refractivity contribution in [2.75, 3.05) is 13.2 Å². The molecule has 0 spiro atoms. The predicted molar refractivity (Wildman–Crippen MR) is 60.4 cm³/mol. The van der Waals surface area contributed by atoms with E-state index in [2.05, 4.69) is 12.2 Å². The highest BCUT2D eigenvalue weighted by atomic mass is 16.3. The quantitative estimate of drug-likeness (QED) is 0.666. The van der Waals surface area contributed by atoms with Crippen molar-refractivity contribution < 1.29 is 5.11 Å². The Labute approximate surface area is 88.1 Å². The van der Waals surface area contributed by atoms with Crippen LogP contribution in [0.4, 0.5) is 0 Å². The SMILES string of the molecule is CCCC1CCCC(NCCO)CC1. The molecule has 2 nitrogen and oxygen atoms in total. The molecule has 2 atom stereocenters. The van der Waals surface area contributed by atoms with Crippen LogP contribution in [-0.2, 0) is 0 Å². The van der Waals surface area contributed by atoms with Crippen molar-refractivity contribution in [2.45, 2.75) is 57.9 Å². The summed E-state index contributed by atoms with van der Waals surface area (Å²) in [6.07, 6.45) is 9.53. The summed E-state index contributed by atoms with van der Waals surface area (Å²) in [5.41, 5.74) is 0. The number of aliphatic hydroxyl groups excluding tert-OH is 1. The summed E-state index contributed by atoms with van der Waals surface area (Å²) in [5, 5.41) is 12.2. The van der Waals surface area contributed by atoms with Crippen LogP contribution in [0.25, 0.3) is 0 Å². The highest BCUT2D eigenvalue weighted by Gasteiger charge is 2.17. The molecule has 2 unspecified atom stereocenters. The molecule has 1 aliphatic rings. The fraction of sp³-hybridized carbons (Fsp3) is 1.00. The van der Waals surface area contributed by atoms with Crippen LogP contribution >= 0.6 is 0 Å². The van der Waals surface area contributed by atoms with Crippen molar-refractivity contribution in [2.24, 2.45) is 5.92 Å². The first-order valence-electron chi connectivity index (χ1n) is 6.21. The molecule has 0 aromatic carbocycles. The standard InChI is InChI=1S/C12H25NO/c1-2-4-11-5-3-6-12(8-7-11)13-9-10-14/h11-14H,2-10H2,1H3. The third-order valence-corrected chi connectivity index (χ3v) is 3.33. The van der Waals surface area contributed by atoms with E-state index in [0.717, 1.165) is 12.5 Å². The molecule has 0 aliphatic heterocycles. The Morgan fingerprint density at radius 1 is 1.21 bits per heavy atom. The lowest BCUT2D eigenvalue weighted by molar-refractivity contribution is 0.279. The number of hydrogen-bond donors (Lipinski definition) is 2. The Morgan fingerprint density at radius 3 is 2.79 bits per heavy atom. The van der Waals surface area contributed by atoms with Gasteiger partial charge < -0.3 is 10.4 Å². The molecule has 2 N–H and O–H groups in total. The van der Waals surface area contributed by atoms with E-state index in [1.165, 1.54) is 44.9 Å². The van der Waals surface area contributed by atoms with Crippen molar-refractivity contribution in [3.05, 3.63) is 0 Å². The minimum absolute atomic E-state index is 0.273. The zero-order valence-electron chi connectivity index (χ0n) is 9.47. The van der Waals surface area contributed by atoms with Crippen LogP contribution in [0.3, 0.4) is 0 Å². The molecule has 2 heteroatoms. The molecule has 1 saturated carbocycles. The Kier molecular flexibility index (Phi) is 6.20. The molecule has 0 aromatic rings. The van der Waals surface area contributed by atoms with Gasteiger partial charge in [0.1, 0.15) is 0 Å². The third-order valence-electron chi connectivity index (χ3n) is 3.33. The van der Waals surface area contributed by atoms with Gasteiger partial charge in [-0.3, -0.25) is 0 Å². The second-order valence-electron chi connectivity index (χ2n) is 4.54. The van der Waals surface area contributed by atoms with E-state index in [-0.39, 0.29) is 6.61 Å². The van der Waals surface area contributed by atoms with Gasteiger partial charge in [-0.2, -0.15) is 0 Å².